The van der Waals surface area contributed by atoms with Crippen LogP contribution in [0.2, 0.25) is 0 Å². The normalized spacial score (nSPS) is 11.3. The predicted octanol–water partition coefficient (Wildman–Crippen LogP) is 2.48. The number of ketones is 1. The third kappa shape index (κ3) is 2.67. The van der Waals surface area contributed by atoms with Gasteiger partial charge in [-0.05, 0) is 24.3 Å². The van der Waals surface area contributed by atoms with E-state index in [0.717, 1.165) is 0 Å². The number of hydrogen-bond donors (Lipinski definition) is 0. The molecule has 1 aromatic heterocycles. The van der Waals surface area contributed by atoms with Gasteiger partial charge < -0.3 is 0 Å². The lowest BCUT2D eigenvalue weighted by molar-refractivity contribution is -0.384. The highest BCUT2D eigenvalue weighted by Gasteiger charge is 2.23. The number of carbonyl (C=O) groups is 1. The lowest BCUT2D eigenvalue weighted by Crippen LogP contribution is -2.12. The summed E-state index contributed by atoms with van der Waals surface area (Å²) >= 11 is 0. The fraction of sp³-hybridized carbons (Fsp3) is 0.0714. The van der Waals surface area contributed by atoms with Gasteiger partial charge in [0.15, 0.2) is 11.7 Å². The highest BCUT2D eigenvalue weighted by Crippen LogP contribution is 2.20. The van der Waals surface area contributed by atoms with Crippen LogP contribution in [0.15, 0.2) is 48.7 Å². The van der Waals surface area contributed by atoms with E-state index in [1.54, 1.807) is 18.2 Å². The first-order chi connectivity index (χ1) is 9.63. The van der Waals surface area contributed by atoms with E-state index >= 15 is 0 Å². The number of nitro groups is 1. The van der Waals surface area contributed by atoms with E-state index < -0.39 is 16.6 Å². The van der Waals surface area contributed by atoms with Gasteiger partial charge in [-0.25, -0.2) is 0 Å². The highest BCUT2D eigenvalue weighted by atomic mass is 16.6. The molecule has 0 bridgehead atoms. The second-order valence-electron chi connectivity index (χ2n) is 3.98. The van der Waals surface area contributed by atoms with Gasteiger partial charge in [-0.1, -0.05) is 6.07 Å². The number of nitro benzene ring substituents is 1. The molecule has 2 aromatic rings. The molecular formula is C14H9N3O3. The Morgan fingerprint density at radius 2 is 1.95 bits per heavy atom. The quantitative estimate of drug-likeness (QED) is 0.481. The van der Waals surface area contributed by atoms with Crippen molar-refractivity contribution in [3.05, 3.63) is 70.0 Å². The Morgan fingerprint density at radius 3 is 2.45 bits per heavy atom. The number of non-ortho nitro benzene ring substituents is 1. The molecule has 0 aliphatic heterocycles. The van der Waals surface area contributed by atoms with Gasteiger partial charge in [-0.3, -0.25) is 19.9 Å². The number of hydrogen-bond acceptors (Lipinski definition) is 5. The SMILES string of the molecule is N#CC(C(=O)c1ccc([N+](=O)[O-])cc1)c1ccccn1. The Kier molecular flexibility index (Phi) is 3.82. The predicted molar refractivity (Wildman–Crippen MR) is 70.0 cm³/mol. The number of pyridine rings is 1. The van der Waals surface area contributed by atoms with Crippen molar-refractivity contribution in [2.45, 2.75) is 5.92 Å². The largest absolute Gasteiger partial charge is 0.292 e. The maximum Gasteiger partial charge on any atom is 0.269 e. The molecule has 20 heavy (non-hydrogen) atoms. The molecule has 1 atom stereocenters. The monoisotopic (exact) mass is 267 g/mol. The van der Waals surface area contributed by atoms with Crippen LogP contribution in [0, 0.1) is 21.4 Å². The van der Waals surface area contributed by atoms with Crippen LogP contribution in [0.1, 0.15) is 22.0 Å². The average Bonchev–Trinajstić information content (AvgIpc) is 2.49. The second-order valence-corrected chi connectivity index (χ2v) is 3.98. The van der Waals surface area contributed by atoms with Crippen molar-refractivity contribution in [1.82, 2.24) is 4.98 Å². The summed E-state index contributed by atoms with van der Waals surface area (Å²) in [6, 6.07) is 12.0. The van der Waals surface area contributed by atoms with Crippen molar-refractivity contribution in [1.29, 1.82) is 5.26 Å². The van der Waals surface area contributed by atoms with E-state index in [1.165, 1.54) is 30.5 Å². The topological polar surface area (TPSA) is 96.9 Å². The smallest absolute Gasteiger partial charge is 0.269 e. The summed E-state index contributed by atoms with van der Waals surface area (Å²) in [6.45, 7) is 0. The van der Waals surface area contributed by atoms with Gasteiger partial charge in [0.25, 0.3) is 5.69 Å². The Labute approximate surface area is 114 Å². The van der Waals surface area contributed by atoms with Crippen molar-refractivity contribution in [2.75, 3.05) is 0 Å². The van der Waals surface area contributed by atoms with E-state index in [2.05, 4.69) is 4.98 Å². The van der Waals surface area contributed by atoms with Crippen molar-refractivity contribution in [2.24, 2.45) is 0 Å². The molecule has 98 valence electrons. The highest BCUT2D eigenvalue weighted by molar-refractivity contribution is 6.02. The van der Waals surface area contributed by atoms with E-state index in [-0.39, 0.29) is 11.3 Å². The molecule has 0 spiro atoms. The van der Waals surface area contributed by atoms with Gasteiger partial charge in [0.05, 0.1) is 16.7 Å². The first-order valence-corrected chi connectivity index (χ1v) is 5.72. The molecule has 6 nitrogen and oxygen atoms in total. The van der Waals surface area contributed by atoms with Gasteiger partial charge in [0.1, 0.15) is 0 Å². The maximum atomic E-state index is 12.2. The van der Waals surface area contributed by atoms with E-state index in [1.807, 2.05) is 6.07 Å². The molecule has 0 amide bonds. The third-order valence-corrected chi connectivity index (χ3v) is 2.74. The number of rotatable bonds is 4. The zero-order valence-electron chi connectivity index (χ0n) is 10.3. The van der Waals surface area contributed by atoms with Gasteiger partial charge in [-0.2, -0.15) is 5.26 Å². The van der Waals surface area contributed by atoms with Crippen molar-refractivity contribution >= 4 is 11.5 Å². The van der Waals surface area contributed by atoms with Gasteiger partial charge in [0, 0.05) is 23.9 Å². The molecule has 0 aliphatic rings. The van der Waals surface area contributed by atoms with E-state index in [9.17, 15) is 14.9 Å². The zero-order valence-corrected chi connectivity index (χ0v) is 10.3. The van der Waals surface area contributed by atoms with Crippen molar-refractivity contribution in [3.8, 4) is 6.07 Å². The Balaban J connectivity index is 2.30. The van der Waals surface area contributed by atoms with Crippen LogP contribution in [0.5, 0.6) is 0 Å². The fourth-order valence-electron chi connectivity index (χ4n) is 1.72. The molecule has 6 heteroatoms. The summed E-state index contributed by atoms with van der Waals surface area (Å²) in [5.41, 5.74) is 0.499. The van der Waals surface area contributed by atoms with Crippen LogP contribution in [-0.2, 0) is 0 Å². The molecule has 0 fully saturated rings. The first-order valence-electron chi connectivity index (χ1n) is 5.72. The van der Waals surface area contributed by atoms with Gasteiger partial charge >= 0.3 is 0 Å². The molecule has 0 radical (unpaired) electrons. The third-order valence-electron chi connectivity index (χ3n) is 2.74. The number of aromatic nitrogens is 1. The molecule has 1 aromatic carbocycles. The Morgan fingerprint density at radius 1 is 1.25 bits per heavy atom. The minimum atomic E-state index is -1.02. The Hall–Kier alpha value is -3.07. The molecule has 0 saturated heterocycles. The number of benzene rings is 1. The first kappa shape index (κ1) is 13.4. The summed E-state index contributed by atoms with van der Waals surface area (Å²) in [7, 11) is 0. The van der Waals surface area contributed by atoms with Crippen LogP contribution >= 0.6 is 0 Å². The lowest BCUT2D eigenvalue weighted by Gasteiger charge is -2.07. The van der Waals surface area contributed by atoms with Crippen LogP contribution < -0.4 is 0 Å². The fourth-order valence-corrected chi connectivity index (χ4v) is 1.72. The Bertz CT molecular complexity index is 675. The van der Waals surface area contributed by atoms with Crippen LogP contribution in [0.3, 0.4) is 0 Å². The number of carbonyl (C=O) groups excluding carboxylic acids is 1. The van der Waals surface area contributed by atoms with Crippen molar-refractivity contribution in [3.63, 3.8) is 0 Å². The lowest BCUT2D eigenvalue weighted by atomic mass is 9.95. The molecular weight excluding hydrogens is 258 g/mol. The van der Waals surface area contributed by atoms with Gasteiger partial charge in [-0.15, -0.1) is 0 Å². The van der Waals surface area contributed by atoms with E-state index in [4.69, 9.17) is 5.26 Å². The minimum absolute atomic E-state index is 0.104. The van der Waals surface area contributed by atoms with Crippen LogP contribution in [-0.4, -0.2) is 15.7 Å². The number of nitrogens with zero attached hydrogens (tertiary/aromatic N) is 3. The van der Waals surface area contributed by atoms with Gasteiger partial charge in [0.2, 0.25) is 0 Å². The van der Waals surface area contributed by atoms with Crippen LogP contribution in [0.25, 0.3) is 0 Å². The summed E-state index contributed by atoms with van der Waals surface area (Å²) in [4.78, 5) is 26.2. The molecule has 0 aliphatic carbocycles. The summed E-state index contributed by atoms with van der Waals surface area (Å²) < 4.78 is 0. The summed E-state index contributed by atoms with van der Waals surface area (Å²) in [5.74, 6) is -1.45. The maximum absolute atomic E-state index is 12.2. The standard InChI is InChI=1S/C14H9N3O3/c15-9-12(13-3-1-2-8-16-13)14(18)10-4-6-11(7-5-10)17(19)20/h1-8,12H. The molecule has 0 N–H and O–H groups in total. The molecule has 1 heterocycles. The van der Waals surface area contributed by atoms with Crippen molar-refractivity contribution < 1.29 is 9.72 Å². The molecule has 1 unspecified atom stereocenters. The molecule has 0 saturated carbocycles. The zero-order chi connectivity index (χ0) is 14.5. The second kappa shape index (κ2) is 5.71. The minimum Gasteiger partial charge on any atom is -0.292 e. The summed E-state index contributed by atoms with van der Waals surface area (Å²) in [5, 5.41) is 19.7. The summed E-state index contributed by atoms with van der Waals surface area (Å²) in [6.07, 6.45) is 1.50. The number of Topliss-reactive ketones (excluding diaryl/α,β-unsaturated/α-hetero) is 1. The van der Waals surface area contributed by atoms with E-state index in [0.29, 0.717) is 5.69 Å². The number of nitriles is 1. The molecule has 2 rings (SSSR count). The van der Waals surface area contributed by atoms with Crippen LogP contribution in [0.4, 0.5) is 5.69 Å². The average molecular weight is 267 g/mol.